The first-order valence-corrected chi connectivity index (χ1v) is 8.09. The Morgan fingerprint density at radius 1 is 1.04 bits per heavy atom. The summed E-state index contributed by atoms with van der Waals surface area (Å²) < 4.78 is 2.01. The van der Waals surface area contributed by atoms with E-state index in [0.717, 1.165) is 48.1 Å². The standard InChI is InChI=1S/C19H19N3O/c23-19(21-9-4-5-10-21)14-22-11-8-17-18(22)12-16(13-20-17)15-6-2-1-3-7-15/h1-3,6-8,11-13H,4-5,9-10,14H2. The Labute approximate surface area is 135 Å². The molecule has 4 rings (SSSR count). The molecule has 0 saturated carbocycles. The van der Waals surface area contributed by atoms with E-state index in [1.165, 1.54) is 0 Å². The van der Waals surface area contributed by atoms with Crippen LogP contribution in [0.25, 0.3) is 22.2 Å². The Morgan fingerprint density at radius 3 is 2.61 bits per heavy atom. The van der Waals surface area contributed by atoms with Crippen molar-refractivity contribution in [2.75, 3.05) is 13.1 Å². The number of rotatable bonds is 3. The second-order valence-electron chi connectivity index (χ2n) is 6.03. The molecule has 1 amide bonds. The van der Waals surface area contributed by atoms with Crippen molar-refractivity contribution in [2.45, 2.75) is 19.4 Å². The molecule has 3 aromatic rings. The van der Waals surface area contributed by atoms with Crippen LogP contribution in [0.2, 0.25) is 0 Å². The van der Waals surface area contributed by atoms with Crippen LogP contribution in [0.3, 0.4) is 0 Å². The molecular weight excluding hydrogens is 286 g/mol. The van der Waals surface area contributed by atoms with Crippen molar-refractivity contribution in [2.24, 2.45) is 0 Å². The first-order chi connectivity index (χ1) is 11.3. The predicted octanol–water partition coefficient (Wildman–Crippen LogP) is 3.33. The molecule has 0 aliphatic carbocycles. The number of fused-ring (bicyclic) bond motifs is 1. The van der Waals surface area contributed by atoms with E-state index in [9.17, 15) is 4.79 Å². The van der Waals surface area contributed by atoms with Crippen LogP contribution in [0, 0.1) is 0 Å². The van der Waals surface area contributed by atoms with Gasteiger partial charge in [0, 0.05) is 31.0 Å². The third-order valence-electron chi connectivity index (χ3n) is 4.49. The van der Waals surface area contributed by atoms with Crippen molar-refractivity contribution < 1.29 is 4.79 Å². The fourth-order valence-corrected chi connectivity index (χ4v) is 3.20. The largest absolute Gasteiger partial charge is 0.341 e. The van der Waals surface area contributed by atoms with Crippen LogP contribution >= 0.6 is 0 Å². The van der Waals surface area contributed by atoms with Crippen LogP contribution in [0.4, 0.5) is 0 Å². The number of carbonyl (C=O) groups is 1. The molecule has 1 aliphatic rings. The number of benzene rings is 1. The van der Waals surface area contributed by atoms with Gasteiger partial charge in [0.05, 0.1) is 11.0 Å². The highest BCUT2D eigenvalue weighted by Gasteiger charge is 2.18. The number of pyridine rings is 1. The van der Waals surface area contributed by atoms with Gasteiger partial charge in [-0.2, -0.15) is 0 Å². The van der Waals surface area contributed by atoms with Crippen LogP contribution in [0.5, 0.6) is 0 Å². The zero-order chi connectivity index (χ0) is 15.6. The van der Waals surface area contributed by atoms with Gasteiger partial charge in [0.25, 0.3) is 0 Å². The Balaban J connectivity index is 1.66. The lowest BCUT2D eigenvalue weighted by Crippen LogP contribution is -2.30. The maximum absolute atomic E-state index is 12.4. The number of aromatic nitrogens is 2. The highest BCUT2D eigenvalue weighted by atomic mass is 16.2. The van der Waals surface area contributed by atoms with Gasteiger partial charge in [-0.3, -0.25) is 9.78 Å². The van der Waals surface area contributed by atoms with Crippen LogP contribution in [-0.2, 0) is 11.3 Å². The van der Waals surface area contributed by atoms with Gasteiger partial charge in [-0.15, -0.1) is 0 Å². The minimum absolute atomic E-state index is 0.199. The van der Waals surface area contributed by atoms with Gasteiger partial charge in [0.2, 0.25) is 5.91 Å². The maximum Gasteiger partial charge on any atom is 0.242 e. The third-order valence-corrected chi connectivity index (χ3v) is 4.49. The molecule has 4 nitrogen and oxygen atoms in total. The summed E-state index contributed by atoms with van der Waals surface area (Å²) in [6.45, 7) is 2.18. The summed E-state index contributed by atoms with van der Waals surface area (Å²) >= 11 is 0. The molecule has 1 aliphatic heterocycles. The Kier molecular flexibility index (Phi) is 3.58. The molecule has 0 spiro atoms. The van der Waals surface area contributed by atoms with E-state index < -0.39 is 0 Å². The summed E-state index contributed by atoms with van der Waals surface area (Å²) in [5.74, 6) is 0.199. The zero-order valence-electron chi connectivity index (χ0n) is 13.0. The Bertz CT molecular complexity index is 832. The second kappa shape index (κ2) is 5.88. The predicted molar refractivity (Wildman–Crippen MR) is 91.0 cm³/mol. The summed E-state index contributed by atoms with van der Waals surface area (Å²) in [6, 6.07) is 14.3. The summed E-state index contributed by atoms with van der Waals surface area (Å²) in [7, 11) is 0. The van der Waals surface area contributed by atoms with E-state index in [-0.39, 0.29) is 5.91 Å². The Morgan fingerprint density at radius 2 is 1.83 bits per heavy atom. The van der Waals surface area contributed by atoms with Crippen molar-refractivity contribution >= 4 is 16.9 Å². The van der Waals surface area contributed by atoms with E-state index in [0.29, 0.717) is 6.54 Å². The summed E-state index contributed by atoms with van der Waals surface area (Å²) in [4.78, 5) is 18.9. The fraction of sp³-hybridized carbons (Fsp3) is 0.263. The van der Waals surface area contributed by atoms with Crippen LogP contribution in [0.1, 0.15) is 12.8 Å². The van der Waals surface area contributed by atoms with Gasteiger partial charge in [0.1, 0.15) is 6.54 Å². The van der Waals surface area contributed by atoms with Crippen molar-refractivity contribution in [3.05, 3.63) is 54.9 Å². The van der Waals surface area contributed by atoms with Crippen LogP contribution in [-0.4, -0.2) is 33.4 Å². The molecule has 0 unspecified atom stereocenters. The molecule has 0 atom stereocenters. The number of carbonyl (C=O) groups excluding carboxylic acids is 1. The Hall–Kier alpha value is -2.62. The molecule has 1 aromatic carbocycles. The monoisotopic (exact) mass is 305 g/mol. The molecule has 1 fully saturated rings. The number of hydrogen-bond donors (Lipinski definition) is 0. The molecule has 0 bridgehead atoms. The van der Waals surface area contributed by atoms with Gasteiger partial charge in [0.15, 0.2) is 0 Å². The molecule has 0 N–H and O–H groups in total. The number of amides is 1. The van der Waals surface area contributed by atoms with Gasteiger partial charge in [-0.05, 0) is 30.5 Å². The average molecular weight is 305 g/mol. The fourth-order valence-electron chi connectivity index (χ4n) is 3.20. The molecule has 116 valence electrons. The summed E-state index contributed by atoms with van der Waals surface area (Å²) in [5, 5.41) is 0. The first-order valence-electron chi connectivity index (χ1n) is 8.09. The minimum atomic E-state index is 0.199. The number of hydrogen-bond acceptors (Lipinski definition) is 2. The van der Waals surface area contributed by atoms with E-state index >= 15 is 0 Å². The number of likely N-dealkylation sites (tertiary alicyclic amines) is 1. The van der Waals surface area contributed by atoms with E-state index in [1.807, 2.05) is 46.1 Å². The van der Waals surface area contributed by atoms with Crippen molar-refractivity contribution in [1.29, 1.82) is 0 Å². The smallest absolute Gasteiger partial charge is 0.242 e. The number of nitrogens with zero attached hydrogens (tertiary/aromatic N) is 3. The first kappa shape index (κ1) is 14.0. The zero-order valence-corrected chi connectivity index (χ0v) is 13.0. The highest BCUT2D eigenvalue weighted by Crippen LogP contribution is 2.23. The third kappa shape index (κ3) is 2.72. The van der Waals surface area contributed by atoms with Gasteiger partial charge >= 0.3 is 0 Å². The van der Waals surface area contributed by atoms with Crippen LogP contribution < -0.4 is 0 Å². The van der Waals surface area contributed by atoms with Crippen molar-refractivity contribution in [3.63, 3.8) is 0 Å². The molecule has 23 heavy (non-hydrogen) atoms. The van der Waals surface area contributed by atoms with Gasteiger partial charge in [-0.1, -0.05) is 30.3 Å². The lowest BCUT2D eigenvalue weighted by Gasteiger charge is -2.16. The normalized spacial score (nSPS) is 14.5. The minimum Gasteiger partial charge on any atom is -0.341 e. The van der Waals surface area contributed by atoms with E-state index in [1.54, 1.807) is 0 Å². The lowest BCUT2D eigenvalue weighted by molar-refractivity contribution is -0.130. The molecular formula is C19H19N3O. The van der Waals surface area contributed by atoms with Crippen molar-refractivity contribution in [3.8, 4) is 11.1 Å². The molecule has 1 saturated heterocycles. The highest BCUT2D eigenvalue weighted by molar-refractivity contribution is 5.84. The van der Waals surface area contributed by atoms with Gasteiger partial charge < -0.3 is 9.47 Å². The molecule has 3 heterocycles. The molecule has 4 heteroatoms. The topological polar surface area (TPSA) is 38.1 Å². The maximum atomic E-state index is 12.4. The summed E-state index contributed by atoms with van der Waals surface area (Å²) in [5.41, 5.74) is 4.16. The van der Waals surface area contributed by atoms with Crippen molar-refractivity contribution in [1.82, 2.24) is 14.5 Å². The summed E-state index contributed by atoms with van der Waals surface area (Å²) in [6.07, 6.45) is 6.10. The SMILES string of the molecule is O=C(Cn1ccc2ncc(-c3ccccc3)cc21)N1CCCC1. The van der Waals surface area contributed by atoms with E-state index in [4.69, 9.17) is 0 Å². The van der Waals surface area contributed by atoms with Crippen LogP contribution in [0.15, 0.2) is 54.9 Å². The lowest BCUT2D eigenvalue weighted by atomic mass is 10.1. The second-order valence-corrected chi connectivity index (χ2v) is 6.03. The quantitative estimate of drug-likeness (QED) is 0.744. The molecule has 2 aromatic heterocycles. The van der Waals surface area contributed by atoms with E-state index in [2.05, 4.69) is 23.2 Å². The van der Waals surface area contributed by atoms with Gasteiger partial charge in [-0.25, -0.2) is 0 Å². The molecule has 0 radical (unpaired) electrons. The average Bonchev–Trinajstić information content (AvgIpc) is 3.25.